The SMILES string of the molecule is c1ccc(CN2CCCCCC2)c(CNc2ccnc(C3CC3)n2)c1. The summed E-state index contributed by atoms with van der Waals surface area (Å²) in [5.74, 6) is 2.54. The molecule has 132 valence electrons. The van der Waals surface area contributed by atoms with Gasteiger partial charge < -0.3 is 5.32 Å². The maximum Gasteiger partial charge on any atom is 0.133 e. The average molecular weight is 336 g/mol. The van der Waals surface area contributed by atoms with Crippen molar-refractivity contribution < 1.29 is 0 Å². The van der Waals surface area contributed by atoms with Gasteiger partial charge in [-0.15, -0.1) is 0 Å². The first-order valence-corrected chi connectivity index (χ1v) is 9.74. The summed E-state index contributed by atoms with van der Waals surface area (Å²) in [5.41, 5.74) is 2.81. The fraction of sp³-hybridized carbons (Fsp3) is 0.524. The largest absolute Gasteiger partial charge is 0.366 e. The third-order valence-corrected chi connectivity index (χ3v) is 5.29. The molecule has 4 heteroatoms. The van der Waals surface area contributed by atoms with Crippen molar-refractivity contribution in [3.8, 4) is 0 Å². The van der Waals surface area contributed by atoms with E-state index < -0.39 is 0 Å². The lowest BCUT2D eigenvalue weighted by atomic mass is 10.1. The summed E-state index contributed by atoms with van der Waals surface area (Å²) in [4.78, 5) is 11.7. The predicted molar refractivity (Wildman–Crippen MR) is 102 cm³/mol. The monoisotopic (exact) mass is 336 g/mol. The van der Waals surface area contributed by atoms with Crippen molar-refractivity contribution >= 4 is 5.82 Å². The lowest BCUT2D eigenvalue weighted by Gasteiger charge is -2.21. The number of nitrogens with one attached hydrogen (secondary N) is 1. The maximum absolute atomic E-state index is 4.67. The number of benzene rings is 1. The maximum atomic E-state index is 4.67. The molecule has 2 aromatic rings. The fourth-order valence-electron chi connectivity index (χ4n) is 3.62. The van der Waals surface area contributed by atoms with E-state index in [0.717, 1.165) is 24.7 Å². The minimum Gasteiger partial charge on any atom is -0.366 e. The van der Waals surface area contributed by atoms with Gasteiger partial charge in [-0.05, 0) is 56.0 Å². The van der Waals surface area contributed by atoms with Crippen LogP contribution < -0.4 is 5.32 Å². The summed E-state index contributed by atoms with van der Waals surface area (Å²) < 4.78 is 0. The van der Waals surface area contributed by atoms with Gasteiger partial charge in [0.2, 0.25) is 0 Å². The van der Waals surface area contributed by atoms with Gasteiger partial charge in [0.25, 0.3) is 0 Å². The standard InChI is InChI=1S/C21H28N4/c1-2-6-14-25(13-5-1)16-19-8-4-3-7-18(19)15-23-20-11-12-22-21(24-20)17-9-10-17/h3-4,7-8,11-12,17H,1-2,5-6,9-10,13-16H2,(H,22,23,24). The lowest BCUT2D eigenvalue weighted by Crippen LogP contribution is -2.24. The zero-order valence-corrected chi connectivity index (χ0v) is 15.0. The first-order chi connectivity index (χ1) is 12.4. The van der Waals surface area contributed by atoms with E-state index in [-0.39, 0.29) is 0 Å². The summed E-state index contributed by atoms with van der Waals surface area (Å²) >= 11 is 0. The summed E-state index contributed by atoms with van der Waals surface area (Å²) in [6, 6.07) is 10.8. The summed E-state index contributed by atoms with van der Waals surface area (Å²) in [7, 11) is 0. The number of aromatic nitrogens is 2. The molecule has 2 heterocycles. The van der Waals surface area contributed by atoms with Crippen molar-refractivity contribution in [2.45, 2.75) is 57.5 Å². The Morgan fingerprint density at radius 2 is 1.72 bits per heavy atom. The van der Waals surface area contributed by atoms with E-state index in [1.165, 1.54) is 62.7 Å². The number of hydrogen-bond donors (Lipinski definition) is 1. The Bertz CT molecular complexity index is 688. The minimum absolute atomic E-state index is 0.595. The second kappa shape index (κ2) is 7.96. The highest BCUT2D eigenvalue weighted by atomic mass is 15.1. The molecule has 4 rings (SSSR count). The Balaban J connectivity index is 1.41. The molecular weight excluding hydrogens is 308 g/mol. The molecule has 1 aliphatic heterocycles. The van der Waals surface area contributed by atoms with E-state index in [4.69, 9.17) is 0 Å². The Labute approximate surface area is 150 Å². The van der Waals surface area contributed by atoms with Crippen LogP contribution in [0.15, 0.2) is 36.5 Å². The molecule has 25 heavy (non-hydrogen) atoms. The van der Waals surface area contributed by atoms with Gasteiger partial charge in [-0.2, -0.15) is 0 Å². The van der Waals surface area contributed by atoms with Gasteiger partial charge in [0.1, 0.15) is 11.6 Å². The lowest BCUT2D eigenvalue weighted by molar-refractivity contribution is 0.276. The van der Waals surface area contributed by atoms with Crippen molar-refractivity contribution in [3.05, 3.63) is 53.5 Å². The zero-order chi connectivity index (χ0) is 16.9. The van der Waals surface area contributed by atoms with Crippen LogP contribution in [0.25, 0.3) is 0 Å². The van der Waals surface area contributed by atoms with E-state index >= 15 is 0 Å². The first-order valence-electron chi connectivity index (χ1n) is 9.74. The van der Waals surface area contributed by atoms with Crippen molar-refractivity contribution in [2.75, 3.05) is 18.4 Å². The molecule has 1 aromatic heterocycles. The molecule has 2 aliphatic rings. The third-order valence-electron chi connectivity index (χ3n) is 5.29. The van der Waals surface area contributed by atoms with Gasteiger partial charge in [0, 0.05) is 25.2 Å². The molecule has 0 radical (unpaired) electrons. The Hall–Kier alpha value is -1.94. The quantitative estimate of drug-likeness (QED) is 0.852. The predicted octanol–water partition coefficient (Wildman–Crippen LogP) is 4.34. The topological polar surface area (TPSA) is 41.0 Å². The highest BCUT2D eigenvalue weighted by Crippen LogP contribution is 2.38. The second-order valence-electron chi connectivity index (χ2n) is 7.39. The van der Waals surface area contributed by atoms with E-state index in [9.17, 15) is 0 Å². The van der Waals surface area contributed by atoms with Crippen LogP contribution in [0.1, 0.15) is 61.4 Å². The number of rotatable bonds is 6. The van der Waals surface area contributed by atoms with Crippen molar-refractivity contribution in [1.29, 1.82) is 0 Å². The molecule has 1 N–H and O–H groups in total. The van der Waals surface area contributed by atoms with Crippen molar-refractivity contribution in [1.82, 2.24) is 14.9 Å². The van der Waals surface area contributed by atoms with Crippen molar-refractivity contribution in [2.24, 2.45) is 0 Å². The van der Waals surface area contributed by atoms with Gasteiger partial charge in [-0.25, -0.2) is 9.97 Å². The highest BCUT2D eigenvalue weighted by Gasteiger charge is 2.26. The van der Waals surface area contributed by atoms with Gasteiger partial charge >= 0.3 is 0 Å². The molecule has 0 bridgehead atoms. The van der Waals surface area contributed by atoms with Crippen LogP contribution in [-0.4, -0.2) is 28.0 Å². The van der Waals surface area contributed by atoms with Crippen molar-refractivity contribution in [3.63, 3.8) is 0 Å². The number of anilines is 1. The zero-order valence-electron chi connectivity index (χ0n) is 15.0. The normalized spacial score (nSPS) is 18.7. The molecule has 0 amide bonds. The fourth-order valence-corrected chi connectivity index (χ4v) is 3.62. The van der Waals surface area contributed by atoms with Crippen LogP contribution in [0.4, 0.5) is 5.82 Å². The summed E-state index contributed by atoms with van der Waals surface area (Å²) in [5, 5.41) is 3.50. The van der Waals surface area contributed by atoms with E-state index in [1.54, 1.807) is 0 Å². The van der Waals surface area contributed by atoms with E-state index in [1.807, 2.05) is 12.3 Å². The molecule has 1 saturated heterocycles. The third kappa shape index (κ3) is 4.57. The van der Waals surface area contributed by atoms with Crippen LogP contribution in [-0.2, 0) is 13.1 Å². The van der Waals surface area contributed by atoms with E-state index in [2.05, 4.69) is 44.5 Å². The first kappa shape index (κ1) is 16.5. The van der Waals surface area contributed by atoms with Gasteiger partial charge in [-0.3, -0.25) is 4.90 Å². The molecule has 0 atom stereocenters. The molecule has 0 unspecified atom stereocenters. The summed E-state index contributed by atoms with van der Waals surface area (Å²) in [6.45, 7) is 4.36. The van der Waals surface area contributed by atoms with Crippen LogP contribution >= 0.6 is 0 Å². The van der Waals surface area contributed by atoms with Crippen LogP contribution in [0.2, 0.25) is 0 Å². The number of hydrogen-bond acceptors (Lipinski definition) is 4. The number of nitrogens with zero attached hydrogens (tertiary/aromatic N) is 3. The smallest absolute Gasteiger partial charge is 0.133 e. The van der Waals surface area contributed by atoms with Crippen LogP contribution in [0, 0.1) is 0 Å². The Morgan fingerprint density at radius 1 is 0.960 bits per heavy atom. The molecule has 1 saturated carbocycles. The summed E-state index contributed by atoms with van der Waals surface area (Å²) in [6.07, 6.45) is 9.81. The Kier molecular flexibility index (Phi) is 5.26. The molecule has 1 aliphatic carbocycles. The average Bonchev–Trinajstić information content (AvgIpc) is 3.49. The van der Waals surface area contributed by atoms with E-state index in [0.29, 0.717) is 5.92 Å². The Morgan fingerprint density at radius 3 is 2.48 bits per heavy atom. The molecule has 1 aromatic carbocycles. The van der Waals surface area contributed by atoms with Gasteiger partial charge in [0.05, 0.1) is 0 Å². The van der Waals surface area contributed by atoms with Crippen LogP contribution in [0.3, 0.4) is 0 Å². The second-order valence-corrected chi connectivity index (χ2v) is 7.39. The van der Waals surface area contributed by atoms with Gasteiger partial charge in [-0.1, -0.05) is 37.1 Å². The molecule has 2 fully saturated rings. The molecule has 0 spiro atoms. The highest BCUT2D eigenvalue weighted by molar-refractivity contribution is 5.37. The van der Waals surface area contributed by atoms with Gasteiger partial charge in [0.15, 0.2) is 0 Å². The molecule has 4 nitrogen and oxygen atoms in total. The molecular formula is C21H28N4. The van der Waals surface area contributed by atoms with Crippen LogP contribution in [0.5, 0.6) is 0 Å². The minimum atomic E-state index is 0.595. The number of likely N-dealkylation sites (tertiary alicyclic amines) is 1.